The molecule has 0 heterocycles. The van der Waals surface area contributed by atoms with Gasteiger partial charge in [-0.25, -0.2) is 9.59 Å². The topological polar surface area (TPSA) is 136 Å². The van der Waals surface area contributed by atoms with Crippen LogP contribution in [0.25, 0.3) is 0 Å². The molecule has 0 aliphatic carbocycles. The largest absolute Gasteiger partial charge is 0.478 e. The van der Waals surface area contributed by atoms with Crippen molar-refractivity contribution in [1.82, 2.24) is 0 Å². The second-order valence-electron chi connectivity index (χ2n) is 5.98. The van der Waals surface area contributed by atoms with E-state index in [9.17, 15) is 19.7 Å². The monoisotopic (exact) mass is 393 g/mol. The van der Waals surface area contributed by atoms with Crippen molar-refractivity contribution in [2.45, 2.75) is 19.4 Å². The Labute approximate surface area is 159 Å². The molecular weight excluding hydrogens is 378 g/mol. The van der Waals surface area contributed by atoms with Crippen LogP contribution in [0.4, 0.5) is 21.9 Å². The van der Waals surface area contributed by atoms with Crippen LogP contribution in [0.2, 0.25) is 5.02 Å². The van der Waals surface area contributed by atoms with E-state index in [0.29, 0.717) is 5.69 Å². The number of anilines is 2. The number of nitro benzene ring substituents is 1. The highest BCUT2D eigenvalue weighted by atomic mass is 35.5. The van der Waals surface area contributed by atoms with Gasteiger partial charge in [0.25, 0.3) is 5.69 Å². The third-order valence-electron chi connectivity index (χ3n) is 3.59. The molecule has 0 aromatic heterocycles. The molecule has 2 amide bonds. The summed E-state index contributed by atoms with van der Waals surface area (Å²) in [6.07, 6.45) is 0. The summed E-state index contributed by atoms with van der Waals surface area (Å²) in [5.74, 6) is -0.878. The minimum atomic E-state index is -1.44. The molecule has 2 aromatic rings. The molecule has 0 unspecified atom stereocenters. The average Bonchev–Trinajstić information content (AvgIpc) is 2.57. The number of aliphatic carboxylic acids is 1. The highest BCUT2D eigenvalue weighted by molar-refractivity contribution is 6.32. The molecule has 2 aromatic carbocycles. The van der Waals surface area contributed by atoms with Crippen LogP contribution < -0.4 is 15.4 Å². The standard InChI is InChI=1S/C17H16ClN3O6/c1-17(2,15(22)23)27-12-6-3-10(4-7-12)20(16(19)24)11-5-8-13(18)14(9-11)21(25)26/h3-9H,1-2H3,(H2,19,24)(H,22,23). The van der Waals surface area contributed by atoms with Gasteiger partial charge in [0.1, 0.15) is 10.8 Å². The van der Waals surface area contributed by atoms with Gasteiger partial charge >= 0.3 is 12.0 Å². The van der Waals surface area contributed by atoms with Crippen molar-refractivity contribution in [2.24, 2.45) is 5.73 Å². The zero-order chi connectivity index (χ0) is 20.4. The Hall–Kier alpha value is -3.33. The molecule has 0 atom stereocenters. The Morgan fingerprint density at radius 3 is 2.22 bits per heavy atom. The number of urea groups is 1. The third-order valence-corrected chi connectivity index (χ3v) is 3.91. The van der Waals surface area contributed by atoms with Gasteiger partial charge in [-0.15, -0.1) is 0 Å². The van der Waals surface area contributed by atoms with Gasteiger partial charge in [0, 0.05) is 6.07 Å². The minimum Gasteiger partial charge on any atom is -0.478 e. The van der Waals surface area contributed by atoms with E-state index in [-0.39, 0.29) is 22.1 Å². The maximum Gasteiger partial charge on any atom is 0.347 e. The Balaban J connectivity index is 2.38. The first kappa shape index (κ1) is 20.0. The summed E-state index contributed by atoms with van der Waals surface area (Å²) in [5, 5.41) is 20.1. The summed E-state index contributed by atoms with van der Waals surface area (Å²) in [6, 6.07) is 8.82. The van der Waals surface area contributed by atoms with Crippen molar-refractivity contribution in [2.75, 3.05) is 4.90 Å². The smallest absolute Gasteiger partial charge is 0.347 e. The minimum absolute atomic E-state index is 0.0761. The maximum absolute atomic E-state index is 11.9. The predicted octanol–water partition coefficient (Wildman–Crippen LogP) is 3.71. The summed E-state index contributed by atoms with van der Waals surface area (Å²) < 4.78 is 5.39. The number of hydrogen-bond donors (Lipinski definition) is 2. The van der Waals surface area contributed by atoms with Crippen LogP contribution in [0.5, 0.6) is 5.75 Å². The molecule has 2 rings (SSSR count). The first-order valence-electron chi connectivity index (χ1n) is 7.59. The zero-order valence-electron chi connectivity index (χ0n) is 14.4. The van der Waals surface area contributed by atoms with E-state index in [2.05, 4.69) is 0 Å². The lowest BCUT2D eigenvalue weighted by Crippen LogP contribution is -2.37. The highest BCUT2D eigenvalue weighted by Gasteiger charge is 2.29. The summed E-state index contributed by atoms with van der Waals surface area (Å²) in [4.78, 5) is 34.5. The van der Waals surface area contributed by atoms with Gasteiger partial charge < -0.3 is 15.6 Å². The molecule has 0 bridgehead atoms. The SMILES string of the molecule is CC(C)(Oc1ccc(N(C(N)=O)c2ccc(Cl)c([N+](=O)[O-])c2)cc1)C(=O)O. The van der Waals surface area contributed by atoms with Gasteiger partial charge in [-0.05, 0) is 50.2 Å². The fourth-order valence-corrected chi connectivity index (χ4v) is 2.37. The van der Waals surface area contributed by atoms with Gasteiger partial charge in [-0.2, -0.15) is 0 Å². The molecule has 0 fully saturated rings. The fourth-order valence-electron chi connectivity index (χ4n) is 2.19. The Kier molecular flexibility index (Phi) is 5.55. The summed E-state index contributed by atoms with van der Waals surface area (Å²) in [7, 11) is 0. The Morgan fingerprint density at radius 2 is 1.74 bits per heavy atom. The van der Waals surface area contributed by atoms with Crippen molar-refractivity contribution in [3.63, 3.8) is 0 Å². The number of halogens is 1. The molecule has 142 valence electrons. The van der Waals surface area contributed by atoms with Gasteiger partial charge in [0.15, 0.2) is 5.60 Å². The number of rotatable bonds is 6. The van der Waals surface area contributed by atoms with E-state index < -0.39 is 22.5 Å². The number of carbonyl (C=O) groups excluding carboxylic acids is 1. The predicted molar refractivity (Wildman–Crippen MR) is 98.6 cm³/mol. The molecule has 0 saturated carbocycles. The maximum atomic E-state index is 11.9. The zero-order valence-corrected chi connectivity index (χ0v) is 15.1. The van der Waals surface area contributed by atoms with E-state index in [1.165, 1.54) is 50.2 Å². The number of primary amides is 1. The molecule has 0 aliphatic heterocycles. The summed E-state index contributed by atoms with van der Waals surface area (Å²) in [6.45, 7) is 2.79. The van der Waals surface area contributed by atoms with Crippen LogP contribution in [0.15, 0.2) is 42.5 Å². The number of benzene rings is 2. The van der Waals surface area contributed by atoms with Crippen LogP contribution in [0.3, 0.4) is 0 Å². The third kappa shape index (κ3) is 4.45. The number of nitro groups is 1. The van der Waals surface area contributed by atoms with Crippen molar-refractivity contribution >= 4 is 40.7 Å². The van der Waals surface area contributed by atoms with E-state index >= 15 is 0 Å². The molecule has 27 heavy (non-hydrogen) atoms. The van der Waals surface area contributed by atoms with E-state index in [4.69, 9.17) is 27.2 Å². The first-order valence-corrected chi connectivity index (χ1v) is 7.96. The molecule has 0 aliphatic rings. The first-order chi connectivity index (χ1) is 12.5. The summed E-state index contributed by atoms with van der Waals surface area (Å²) in [5.41, 5.74) is 4.06. The summed E-state index contributed by atoms with van der Waals surface area (Å²) >= 11 is 5.79. The molecular formula is C17H16ClN3O6. The fraction of sp³-hybridized carbons (Fsp3) is 0.176. The lowest BCUT2D eigenvalue weighted by atomic mass is 10.1. The molecule has 0 radical (unpaired) electrons. The number of nitrogens with zero attached hydrogens (tertiary/aromatic N) is 2. The number of nitrogens with two attached hydrogens (primary N) is 1. The van der Waals surface area contributed by atoms with Crippen LogP contribution >= 0.6 is 11.6 Å². The van der Waals surface area contributed by atoms with E-state index in [1.54, 1.807) is 0 Å². The van der Waals surface area contributed by atoms with Crippen LogP contribution in [-0.4, -0.2) is 27.6 Å². The lowest BCUT2D eigenvalue weighted by Gasteiger charge is -2.23. The van der Waals surface area contributed by atoms with Crippen molar-refractivity contribution in [3.8, 4) is 5.75 Å². The van der Waals surface area contributed by atoms with Gasteiger partial charge in [0.2, 0.25) is 0 Å². The number of hydrogen-bond acceptors (Lipinski definition) is 5. The number of carbonyl (C=O) groups is 2. The van der Waals surface area contributed by atoms with Crippen molar-refractivity contribution in [3.05, 3.63) is 57.6 Å². The van der Waals surface area contributed by atoms with Crippen molar-refractivity contribution in [1.29, 1.82) is 0 Å². The van der Waals surface area contributed by atoms with Gasteiger partial charge in [0.05, 0.1) is 16.3 Å². The van der Waals surface area contributed by atoms with E-state index in [0.717, 1.165) is 11.0 Å². The second kappa shape index (κ2) is 7.50. The van der Waals surface area contributed by atoms with E-state index in [1.807, 2.05) is 0 Å². The number of ether oxygens (including phenoxy) is 1. The number of amides is 2. The van der Waals surface area contributed by atoms with Gasteiger partial charge in [-0.1, -0.05) is 11.6 Å². The molecule has 10 heteroatoms. The number of carboxylic acid groups (broad SMARTS) is 1. The highest BCUT2D eigenvalue weighted by Crippen LogP contribution is 2.33. The van der Waals surface area contributed by atoms with Crippen LogP contribution in [0.1, 0.15) is 13.8 Å². The second-order valence-corrected chi connectivity index (χ2v) is 6.39. The molecule has 0 saturated heterocycles. The number of carboxylic acids is 1. The Morgan fingerprint density at radius 1 is 1.19 bits per heavy atom. The molecule has 0 spiro atoms. The lowest BCUT2D eigenvalue weighted by molar-refractivity contribution is -0.384. The van der Waals surface area contributed by atoms with Gasteiger partial charge in [-0.3, -0.25) is 15.0 Å². The molecule has 9 nitrogen and oxygen atoms in total. The van der Waals surface area contributed by atoms with Crippen LogP contribution in [0, 0.1) is 10.1 Å². The van der Waals surface area contributed by atoms with Crippen LogP contribution in [-0.2, 0) is 4.79 Å². The average molecular weight is 394 g/mol. The Bertz CT molecular complexity index is 898. The quantitative estimate of drug-likeness (QED) is 0.567. The normalized spacial score (nSPS) is 10.9. The molecule has 3 N–H and O–H groups in total. The van der Waals surface area contributed by atoms with Crippen molar-refractivity contribution < 1.29 is 24.4 Å².